The van der Waals surface area contributed by atoms with E-state index in [1.165, 1.54) is 0 Å². The lowest BCUT2D eigenvalue weighted by molar-refractivity contribution is 0.0784. The van der Waals surface area contributed by atoms with Gasteiger partial charge in [-0.05, 0) is 49.4 Å². The Bertz CT molecular complexity index is 670. The Balaban J connectivity index is 2.12. The van der Waals surface area contributed by atoms with Crippen LogP contribution in [0.4, 0.5) is 0 Å². The average Bonchev–Trinajstić information content (AvgIpc) is 2.55. The molecule has 0 bridgehead atoms. The summed E-state index contributed by atoms with van der Waals surface area (Å²) in [5.74, 6) is 1.48. The van der Waals surface area contributed by atoms with E-state index in [0.717, 1.165) is 21.5 Å². The van der Waals surface area contributed by atoms with Crippen molar-refractivity contribution < 1.29 is 14.3 Å². The van der Waals surface area contributed by atoms with Gasteiger partial charge >= 0.3 is 0 Å². The summed E-state index contributed by atoms with van der Waals surface area (Å²) >= 11 is 3.45. The number of amides is 1. The van der Waals surface area contributed by atoms with E-state index >= 15 is 0 Å². The minimum absolute atomic E-state index is 0.0462. The fourth-order valence-electron chi connectivity index (χ4n) is 2.28. The van der Waals surface area contributed by atoms with Gasteiger partial charge in [0, 0.05) is 29.2 Å². The van der Waals surface area contributed by atoms with Crippen LogP contribution in [0.15, 0.2) is 46.9 Å². The number of ether oxygens (including phenoxy) is 2. The van der Waals surface area contributed by atoms with Crippen molar-refractivity contribution in [1.29, 1.82) is 0 Å². The molecule has 0 saturated heterocycles. The van der Waals surface area contributed by atoms with Crippen molar-refractivity contribution in [2.24, 2.45) is 0 Å². The molecule has 0 fully saturated rings. The third-order valence-electron chi connectivity index (χ3n) is 3.41. The Kier molecular flexibility index (Phi) is 6.04. The number of benzene rings is 2. The first-order valence-electron chi connectivity index (χ1n) is 7.36. The maximum absolute atomic E-state index is 12.5. The molecule has 0 aliphatic heterocycles. The van der Waals surface area contributed by atoms with Crippen molar-refractivity contribution in [3.8, 4) is 11.5 Å². The Labute approximate surface area is 145 Å². The van der Waals surface area contributed by atoms with Crippen molar-refractivity contribution in [1.82, 2.24) is 4.90 Å². The van der Waals surface area contributed by atoms with Crippen molar-refractivity contribution in [3.05, 3.63) is 58.1 Å². The van der Waals surface area contributed by atoms with Gasteiger partial charge in [-0.1, -0.05) is 15.9 Å². The summed E-state index contributed by atoms with van der Waals surface area (Å²) in [6, 6.07) is 12.9. The van der Waals surface area contributed by atoms with Crippen molar-refractivity contribution in [3.63, 3.8) is 0 Å². The molecule has 0 radical (unpaired) electrons. The maximum atomic E-state index is 12.5. The first kappa shape index (κ1) is 17.3. The smallest absolute Gasteiger partial charge is 0.253 e. The van der Waals surface area contributed by atoms with Gasteiger partial charge in [-0.25, -0.2) is 0 Å². The highest BCUT2D eigenvalue weighted by molar-refractivity contribution is 9.10. The van der Waals surface area contributed by atoms with Gasteiger partial charge in [0.15, 0.2) is 0 Å². The van der Waals surface area contributed by atoms with E-state index < -0.39 is 0 Å². The molecule has 0 unspecified atom stereocenters. The second-order valence-corrected chi connectivity index (χ2v) is 5.99. The molecule has 0 spiro atoms. The topological polar surface area (TPSA) is 38.8 Å². The highest BCUT2D eigenvalue weighted by Crippen LogP contribution is 2.24. The maximum Gasteiger partial charge on any atom is 0.253 e. The highest BCUT2D eigenvalue weighted by Gasteiger charge is 2.14. The molecule has 0 saturated carbocycles. The molecule has 0 aliphatic rings. The van der Waals surface area contributed by atoms with Crippen molar-refractivity contribution in [2.75, 3.05) is 20.8 Å². The molecule has 23 heavy (non-hydrogen) atoms. The molecule has 4 nitrogen and oxygen atoms in total. The lowest BCUT2D eigenvalue weighted by Gasteiger charge is -2.19. The second kappa shape index (κ2) is 8.02. The van der Waals surface area contributed by atoms with E-state index in [1.807, 2.05) is 37.3 Å². The van der Waals surface area contributed by atoms with Crippen LogP contribution in [0.5, 0.6) is 11.5 Å². The number of carbonyl (C=O) groups excluding carboxylic acids is 1. The zero-order chi connectivity index (χ0) is 16.8. The molecule has 0 heterocycles. The Morgan fingerprint density at radius 2 is 1.87 bits per heavy atom. The number of nitrogens with zero attached hydrogens (tertiary/aromatic N) is 1. The zero-order valence-corrected chi connectivity index (χ0v) is 15.1. The molecule has 1 amide bonds. The summed E-state index contributed by atoms with van der Waals surface area (Å²) < 4.78 is 11.7. The largest absolute Gasteiger partial charge is 0.496 e. The molecular weight excluding hydrogens is 358 g/mol. The van der Waals surface area contributed by atoms with E-state index in [4.69, 9.17) is 9.47 Å². The minimum Gasteiger partial charge on any atom is -0.496 e. The van der Waals surface area contributed by atoms with Gasteiger partial charge in [-0.15, -0.1) is 0 Å². The van der Waals surface area contributed by atoms with Crippen LogP contribution in [0.25, 0.3) is 0 Å². The van der Waals surface area contributed by atoms with E-state index in [1.54, 1.807) is 31.2 Å². The van der Waals surface area contributed by atoms with Crippen LogP contribution in [0.2, 0.25) is 0 Å². The van der Waals surface area contributed by atoms with Crippen LogP contribution in [-0.2, 0) is 6.54 Å². The molecule has 0 aliphatic carbocycles. The van der Waals surface area contributed by atoms with Crippen LogP contribution in [0.1, 0.15) is 22.8 Å². The fourth-order valence-corrected chi connectivity index (χ4v) is 2.69. The number of rotatable bonds is 6. The molecule has 122 valence electrons. The third kappa shape index (κ3) is 4.48. The summed E-state index contributed by atoms with van der Waals surface area (Å²) in [4.78, 5) is 14.2. The zero-order valence-electron chi connectivity index (χ0n) is 13.5. The Hall–Kier alpha value is -2.01. The van der Waals surface area contributed by atoms with Gasteiger partial charge in [0.25, 0.3) is 5.91 Å². The lowest BCUT2D eigenvalue weighted by atomic mass is 10.1. The standard InChI is InChI=1S/C18H20BrNO3/c1-4-23-16-8-5-13(6-9-16)18(21)20(2)12-14-11-15(19)7-10-17(14)22-3/h5-11H,4,12H2,1-3H3. The summed E-state index contributed by atoms with van der Waals surface area (Å²) in [6.45, 7) is 3.00. The summed E-state index contributed by atoms with van der Waals surface area (Å²) in [5, 5.41) is 0. The Morgan fingerprint density at radius 1 is 1.17 bits per heavy atom. The number of methoxy groups -OCH3 is 1. The molecule has 0 atom stereocenters. The summed E-state index contributed by atoms with van der Waals surface area (Å²) in [6.07, 6.45) is 0. The van der Waals surface area contributed by atoms with Crippen LogP contribution < -0.4 is 9.47 Å². The third-order valence-corrected chi connectivity index (χ3v) is 3.90. The molecule has 5 heteroatoms. The van der Waals surface area contributed by atoms with E-state index in [0.29, 0.717) is 18.7 Å². The van der Waals surface area contributed by atoms with E-state index in [2.05, 4.69) is 15.9 Å². The van der Waals surface area contributed by atoms with Crippen molar-refractivity contribution >= 4 is 21.8 Å². The molecule has 2 aromatic rings. The van der Waals surface area contributed by atoms with Gasteiger partial charge in [-0.2, -0.15) is 0 Å². The lowest BCUT2D eigenvalue weighted by Crippen LogP contribution is -2.26. The van der Waals surface area contributed by atoms with Crippen LogP contribution in [0.3, 0.4) is 0 Å². The van der Waals surface area contributed by atoms with Crippen molar-refractivity contribution in [2.45, 2.75) is 13.5 Å². The highest BCUT2D eigenvalue weighted by atomic mass is 79.9. The molecular formula is C18H20BrNO3. The van der Waals surface area contributed by atoms with Gasteiger partial charge in [0.1, 0.15) is 11.5 Å². The summed E-state index contributed by atoms with van der Waals surface area (Å²) in [7, 11) is 3.40. The number of carbonyl (C=O) groups is 1. The van der Waals surface area contributed by atoms with Gasteiger partial charge in [-0.3, -0.25) is 4.79 Å². The van der Waals surface area contributed by atoms with Crippen LogP contribution >= 0.6 is 15.9 Å². The first-order valence-corrected chi connectivity index (χ1v) is 8.15. The van der Waals surface area contributed by atoms with Crippen LogP contribution in [-0.4, -0.2) is 31.6 Å². The molecule has 0 N–H and O–H groups in total. The fraction of sp³-hybridized carbons (Fsp3) is 0.278. The second-order valence-electron chi connectivity index (χ2n) is 5.07. The average molecular weight is 378 g/mol. The number of halogens is 1. The SMILES string of the molecule is CCOc1ccc(C(=O)N(C)Cc2cc(Br)ccc2OC)cc1. The number of hydrogen-bond donors (Lipinski definition) is 0. The minimum atomic E-state index is -0.0462. The predicted octanol–water partition coefficient (Wildman–Crippen LogP) is 4.13. The first-order chi connectivity index (χ1) is 11.0. The van der Waals surface area contributed by atoms with Crippen LogP contribution in [0, 0.1) is 0 Å². The van der Waals surface area contributed by atoms with E-state index in [9.17, 15) is 4.79 Å². The molecule has 2 aromatic carbocycles. The van der Waals surface area contributed by atoms with Gasteiger partial charge < -0.3 is 14.4 Å². The monoisotopic (exact) mass is 377 g/mol. The molecule has 0 aromatic heterocycles. The van der Waals surface area contributed by atoms with Gasteiger partial charge in [0.2, 0.25) is 0 Å². The normalized spacial score (nSPS) is 10.3. The van der Waals surface area contributed by atoms with Gasteiger partial charge in [0.05, 0.1) is 13.7 Å². The number of hydrogen-bond acceptors (Lipinski definition) is 3. The predicted molar refractivity (Wildman–Crippen MR) is 94.1 cm³/mol. The molecule has 2 rings (SSSR count). The quantitative estimate of drug-likeness (QED) is 0.759. The summed E-state index contributed by atoms with van der Waals surface area (Å²) in [5.41, 5.74) is 1.58. The van der Waals surface area contributed by atoms with E-state index in [-0.39, 0.29) is 5.91 Å². The Morgan fingerprint density at radius 3 is 2.48 bits per heavy atom.